The van der Waals surface area contributed by atoms with Crippen molar-refractivity contribution < 1.29 is 24.2 Å². The van der Waals surface area contributed by atoms with Gasteiger partial charge in [-0.05, 0) is 29.2 Å². The first-order valence-electron chi connectivity index (χ1n) is 11.5. The van der Waals surface area contributed by atoms with Crippen molar-refractivity contribution >= 4 is 18.0 Å². The molecule has 0 bridgehead atoms. The molecular formula is C26H26N4O5. The van der Waals surface area contributed by atoms with Crippen LogP contribution in [0.3, 0.4) is 0 Å². The first-order valence-corrected chi connectivity index (χ1v) is 11.5. The summed E-state index contributed by atoms with van der Waals surface area (Å²) in [6.45, 7) is 1.91. The lowest BCUT2D eigenvalue weighted by Crippen LogP contribution is -2.64. The molecule has 1 aromatic heterocycles. The molecule has 0 saturated carbocycles. The Morgan fingerprint density at radius 1 is 1.14 bits per heavy atom. The number of ether oxygens (including phenoxy) is 1. The lowest BCUT2D eigenvalue weighted by atomic mass is 9.81. The molecule has 9 heteroatoms. The first-order chi connectivity index (χ1) is 16.9. The third-order valence-corrected chi connectivity index (χ3v) is 6.82. The maximum absolute atomic E-state index is 13.1. The Morgan fingerprint density at radius 3 is 2.34 bits per heavy atom. The van der Waals surface area contributed by atoms with Crippen molar-refractivity contribution in [2.45, 2.75) is 25.3 Å². The zero-order chi connectivity index (χ0) is 24.6. The van der Waals surface area contributed by atoms with E-state index in [9.17, 15) is 19.5 Å². The van der Waals surface area contributed by atoms with Crippen molar-refractivity contribution in [3.05, 3.63) is 77.9 Å². The second kappa shape index (κ2) is 8.90. The molecule has 1 aliphatic heterocycles. The second-order valence-electron chi connectivity index (χ2n) is 9.36. The van der Waals surface area contributed by atoms with E-state index in [-0.39, 0.29) is 37.9 Å². The van der Waals surface area contributed by atoms with Crippen LogP contribution in [0.1, 0.15) is 29.7 Å². The molecule has 2 heterocycles. The van der Waals surface area contributed by atoms with Crippen LogP contribution in [0.25, 0.3) is 11.1 Å². The Balaban J connectivity index is 1.27. The molecule has 2 aromatic carbocycles. The van der Waals surface area contributed by atoms with Gasteiger partial charge in [0.15, 0.2) is 0 Å². The van der Waals surface area contributed by atoms with Gasteiger partial charge in [0.05, 0.1) is 11.7 Å². The maximum atomic E-state index is 13.1. The molecule has 180 valence electrons. The van der Waals surface area contributed by atoms with Gasteiger partial charge >= 0.3 is 12.1 Å². The number of nitrogens with zero attached hydrogens (tertiary/aromatic N) is 2. The number of benzene rings is 2. The van der Waals surface area contributed by atoms with Gasteiger partial charge in [-0.15, -0.1) is 0 Å². The largest absolute Gasteiger partial charge is 0.481 e. The highest BCUT2D eigenvalue weighted by atomic mass is 16.5. The van der Waals surface area contributed by atoms with E-state index in [1.807, 2.05) is 36.4 Å². The van der Waals surface area contributed by atoms with Crippen LogP contribution in [0.2, 0.25) is 0 Å². The van der Waals surface area contributed by atoms with Gasteiger partial charge in [-0.2, -0.15) is 0 Å². The minimum atomic E-state index is -0.974. The number of imidazole rings is 1. The Morgan fingerprint density at radius 2 is 1.77 bits per heavy atom. The zero-order valence-corrected chi connectivity index (χ0v) is 19.2. The fraction of sp³-hybridized carbons (Fsp3) is 0.308. The molecule has 3 N–H and O–H groups in total. The van der Waals surface area contributed by atoms with E-state index in [1.54, 1.807) is 13.1 Å². The molecule has 2 amide bonds. The molecule has 5 rings (SSSR count). The molecule has 1 atom stereocenters. The Kier molecular flexibility index (Phi) is 5.76. The Bertz CT molecular complexity index is 1220. The fourth-order valence-corrected chi connectivity index (χ4v) is 4.91. The van der Waals surface area contributed by atoms with E-state index >= 15 is 0 Å². The normalized spacial score (nSPS) is 16.5. The number of likely N-dealkylation sites (tertiary alicyclic amines) is 1. The van der Waals surface area contributed by atoms with Crippen LogP contribution in [-0.4, -0.2) is 63.7 Å². The second-order valence-corrected chi connectivity index (χ2v) is 9.36. The lowest BCUT2D eigenvalue weighted by molar-refractivity contribution is -0.164. The third-order valence-electron chi connectivity index (χ3n) is 6.82. The van der Waals surface area contributed by atoms with Gasteiger partial charge in [-0.3, -0.25) is 9.59 Å². The third kappa shape index (κ3) is 4.25. The van der Waals surface area contributed by atoms with Crippen LogP contribution in [0, 0.1) is 5.41 Å². The number of rotatable bonds is 7. The molecule has 1 saturated heterocycles. The number of nitrogens with one attached hydrogen (secondary N) is 2. The standard InChI is InChI=1S/C26H26N4O5/c1-26(24(32)33)13-30(14-26)23(31)22(10-16-11-27-15-28-16)29-25(34)35-12-21-19-8-4-2-6-17(19)18-7-3-5-9-20(18)21/h2-9,11,15,21-22H,10,12-14H2,1H3,(H,27,28)(H,29,34)(H,32,33)/t22-/m0/s1. The number of fused-ring (bicyclic) bond motifs is 3. The number of carbonyl (C=O) groups is 3. The smallest absolute Gasteiger partial charge is 0.407 e. The number of amides is 2. The predicted octanol–water partition coefficient (Wildman–Crippen LogP) is 2.79. The number of aliphatic carboxylic acids is 1. The maximum Gasteiger partial charge on any atom is 0.407 e. The number of aromatic nitrogens is 2. The molecule has 9 nitrogen and oxygen atoms in total. The van der Waals surface area contributed by atoms with Gasteiger partial charge in [0.2, 0.25) is 5.91 Å². The Hall–Kier alpha value is -4.14. The highest BCUT2D eigenvalue weighted by molar-refractivity contribution is 5.89. The van der Waals surface area contributed by atoms with Crippen LogP contribution in [0.5, 0.6) is 0 Å². The lowest BCUT2D eigenvalue weighted by Gasteiger charge is -2.46. The molecule has 35 heavy (non-hydrogen) atoms. The van der Waals surface area contributed by atoms with Gasteiger partial charge in [0.25, 0.3) is 0 Å². The van der Waals surface area contributed by atoms with Crippen molar-refractivity contribution in [1.82, 2.24) is 20.2 Å². The van der Waals surface area contributed by atoms with E-state index < -0.39 is 23.5 Å². The van der Waals surface area contributed by atoms with Crippen LogP contribution in [0.15, 0.2) is 61.1 Å². The van der Waals surface area contributed by atoms with Gasteiger partial charge in [-0.25, -0.2) is 9.78 Å². The Labute approximate surface area is 202 Å². The number of carboxylic acids is 1. The van der Waals surface area contributed by atoms with E-state index in [1.165, 1.54) is 11.2 Å². The summed E-state index contributed by atoms with van der Waals surface area (Å²) in [5, 5.41) is 12.0. The summed E-state index contributed by atoms with van der Waals surface area (Å²) in [7, 11) is 0. The average Bonchev–Trinajstić information content (AvgIpc) is 3.46. The average molecular weight is 475 g/mol. The van der Waals surface area contributed by atoms with Crippen molar-refractivity contribution in [2.24, 2.45) is 5.41 Å². The van der Waals surface area contributed by atoms with E-state index in [0.717, 1.165) is 22.3 Å². The predicted molar refractivity (Wildman–Crippen MR) is 127 cm³/mol. The number of hydrogen-bond acceptors (Lipinski definition) is 5. The van der Waals surface area contributed by atoms with Gasteiger partial charge in [-0.1, -0.05) is 48.5 Å². The molecule has 1 fully saturated rings. The molecule has 1 aliphatic carbocycles. The fourth-order valence-electron chi connectivity index (χ4n) is 4.91. The minimum absolute atomic E-state index is 0.0903. The van der Waals surface area contributed by atoms with Crippen LogP contribution in [0.4, 0.5) is 4.79 Å². The summed E-state index contributed by atoms with van der Waals surface area (Å²) in [6.07, 6.45) is 2.56. The van der Waals surface area contributed by atoms with E-state index in [0.29, 0.717) is 5.69 Å². The topological polar surface area (TPSA) is 125 Å². The first kappa shape index (κ1) is 22.6. The summed E-state index contributed by atoms with van der Waals surface area (Å²) < 4.78 is 5.61. The summed E-state index contributed by atoms with van der Waals surface area (Å²) >= 11 is 0. The van der Waals surface area contributed by atoms with Gasteiger partial charge in [0.1, 0.15) is 12.6 Å². The van der Waals surface area contributed by atoms with Crippen molar-refractivity contribution in [3.63, 3.8) is 0 Å². The zero-order valence-electron chi connectivity index (χ0n) is 19.2. The SMILES string of the molecule is CC1(C(=O)O)CN(C(=O)[C@H](Cc2cnc[nH]2)NC(=O)OCC2c3ccccc3-c3ccccc32)C1. The van der Waals surface area contributed by atoms with Gasteiger partial charge < -0.3 is 25.0 Å². The summed E-state index contributed by atoms with van der Waals surface area (Å²) in [5.41, 5.74) is 4.15. The molecule has 0 spiro atoms. The van der Waals surface area contributed by atoms with Crippen LogP contribution in [-0.2, 0) is 20.7 Å². The molecule has 2 aliphatic rings. The molecule has 0 unspecified atom stereocenters. The van der Waals surface area contributed by atoms with Crippen LogP contribution < -0.4 is 5.32 Å². The van der Waals surface area contributed by atoms with Gasteiger partial charge in [0, 0.05) is 37.3 Å². The highest BCUT2D eigenvalue weighted by Crippen LogP contribution is 2.44. The minimum Gasteiger partial charge on any atom is -0.481 e. The van der Waals surface area contributed by atoms with Crippen LogP contribution >= 0.6 is 0 Å². The highest BCUT2D eigenvalue weighted by Gasteiger charge is 2.48. The van der Waals surface area contributed by atoms with E-state index in [2.05, 4.69) is 27.4 Å². The summed E-state index contributed by atoms with van der Waals surface area (Å²) in [4.78, 5) is 45.7. The summed E-state index contributed by atoms with van der Waals surface area (Å²) in [6, 6.07) is 15.2. The molecule has 3 aromatic rings. The molecule has 0 radical (unpaired) electrons. The molecular weight excluding hydrogens is 448 g/mol. The number of hydrogen-bond donors (Lipinski definition) is 3. The summed E-state index contributed by atoms with van der Waals surface area (Å²) in [5.74, 6) is -1.40. The van der Waals surface area contributed by atoms with Crippen molar-refractivity contribution in [2.75, 3.05) is 19.7 Å². The van der Waals surface area contributed by atoms with Crippen molar-refractivity contribution in [3.8, 4) is 11.1 Å². The number of carboxylic acid groups (broad SMARTS) is 1. The number of aromatic amines is 1. The number of carbonyl (C=O) groups excluding carboxylic acids is 2. The monoisotopic (exact) mass is 474 g/mol. The van der Waals surface area contributed by atoms with Crippen molar-refractivity contribution in [1.29, 1.82) is 0 Å². The quantitative estimate of drug-likeness (QED) is 0.484. The number of H-pyrrole nitrogens is 1. The number of alkyl carbamates (subject to hydrolysis) is 1. The van der Waals surface area contributed by atoms with E-state index in [4.69, 9.17) is 4.74 Å².